The summed E-state index contributed by atoms with van der Waals surface area (Å²) in [6, 6.07) is 9.48. The molecule has 0 aromatic heterocycles. The fourth-order valence-electron chi connectivity index (χ4n) is 2.10. The maximum atomic E-state index is 12.2. The second kappa shape index (κ2) is 4.66. The van der Waals surface area contributed by atoms with Crippen LogP contribution in [0.15, 0.2) is 41.0 Å². The Balaban J connectivity index is 1.98. The van der Waals surface area contributed by atoms with E-state index in [1.54, 1.807) is 6.08 Å². The fourth-order valence-corrected chi connectivity index (χ4v) is 3.15. The van der Waals surface area contributed by atoms with Crippen molar-refractivity contribution in [1.29, 1.82) is 0 Å². The molecule has 1 atom stereocenters. The zero-order chi connectivity index (χ0) is 13.4. The summed E-state index contributed by atoms with van der Waals surface area (Å²) >= 11 is 1.37. The summed E-state index contributed by atoms with van der Waals surface area (Å²) < 4.78 is 0. The second-order valence-electron chi connectivity index (χ2n) is 4.33. The Morgan fingerprint density at radius 2 is 2.05 bits per heavy atom. The minimum absolute atomic E-state index is 0.0423. The topological polar surface area (TPSA) is 49.7 Å². The maximum absolute atomic E-state index is 12.2. The summed E-state index contributed by atoms with van der Waals surface area (Å²) in [4.78, 5) is 29.5. The van der Waals surface area contributed by atoms with Gasteiger partial charge < -0.3 is 0 Å². The van der Waals surface area contributed by atoms with Gasteiger partial charge in [-0.1, -0.05) is 49.0 Å². The molecule has 1 aromatic carbocycles. The molecular weight excluding hydrogens is 260 g/mol. The third-order valence-corrected chi connectivity index (χ3v) is 4.37. The lowest BCUT2D eigenvalue weighted by Crippen LogP contribution is -2.29. The first-order valence-electron chi connectivity index (χ1n) is 6.11. The minimum Gasteiger partial charge on any atom is -0.273 e. The Morgan fingerprint density at radius 1 is 1.32 bits per heavy atom. The number of amides is 2. The van der Waals surface area contributed by atoms with E-state index in [0.717, 1.165) is 12.0 Å². The first-order chi connectivity index (χ1) is 9.20. The molecule has 1 unspecified atom stereocenters. The molecule has 2 amide bonds. The standard InChI is InChI=1S/C14H12N2O2S/c1-2-11-13(18)16-10(12(17)15-14(16)19-11)8-9-6-4-3-5-7-9/h3-8,11H,2H2,1H3. The lowest BCUT2D eigenvalue weighted by Gasteiger charge is -2.11. The Labute approximate surface area is 115 Å². The Hall–Kier alpha value is -1.88. The number of rotatable bonds is 2. The van der Waals surface area contributed by atoms with E-state index < -0.39 is 0 Å². The van der Waals surface area contributed by atoms with Crippen molar-refractivity contribution < 1.29 is 9.59 Å². The average Bonchev–Trinajstić information content (AvgIpc) is 2.89. The number of fused-ring (bicyclic) bond motifs is 1. The number of hydrogen-bond acceptors (Lipinski definition) is 3. The van der Waals surface area contributed by atoms with Gasteiger partial charge in [-0.3, -0.25) is 14.5 Å². The number of carbonyl (C=O) groups is 2. The van der Waals surface area contributed by atoms with E-state index in [2.05, 4.69) is 4.99 Å². The molecule has 0 aliphatic carbocycles. The van der Waals surface area contributed by atoms with Crippen LogP contribution in [0.1, 0.15) is 18.9 Å². The van der Waals surface area contributed by atoms with Gasteiger partial charge in [0.25, 0.3) is 5.91 Å². The normalized spacial score (nSPS) is 24.1. The van der Waals surface area contributed by atoms with Crippen LogP contribution in [0.5, 0.6) is 0 Å². The Bertz CT molecular complexity index is 607. The molecule has 19 heavy (non-hydrogen) atoms. The maximum Gasteiger partial charge on any atom is 0.296 e. The van der Waals surface area contributed by atoms with E-state index in [0.29, 0.717) is 10.9 Å². The van der Waals surface area contributed by atoms with Crippen LogP contribution < -0.4 is 0 Å². The first-order valence-corrected chi connectivity index (χ1v) is 6.99. The van der Waals surface area contributed by atoms with Crippen molar-refractivity contribution in [3.05, 3.63) is 41.6 Å². The molecule has 2 aliphatic rings. The average molecular weight is 272 g/mol. The molecule has 1 saturated heterocycles. The van der Waals surface area contributed by atoms with E-state index in [4.69, 9.17) is 0 Å². The van der Waals surface area contributed by atoms with Crippen LogP contribution in [0.2, 0.25) is 0 Å². The van der Waals surface area contributed by atoms with Crippen molar-refractivity contribution in [1.82, 2.24) is 4.90 Å². The minimum atomic E-state index is -0.339. The number of nitrogens with zero attached hydrogens (tertiary/aromatic N) is 2. The molecule has 2 heterocycles. The molecule has 3 rings (SSSR count). The third-order valence-electron chi connectivity index (χ3n) is 3.07. The van der Waals surface area contributed by atoms with Gasteiger partial charge in [0.05, 0.1) is 5.25 Å². The van der Waals surface area contributed by atoms with Crippen LogP contribution in [0.25, 0.3) is 6.08 Å². The van der Waals surface area contributed by atoms with Gasteiger partial charge >= 0.3 is 0 Å². The molecule has 5 heteroatoms. The van der Waals surface area contributed by atoms with E-state index in [1.807, 2.05) is 37.3 Å². The highest BCUT2D eigenvalue weighted by molar-refractivity contribution is 8.15. The summed E-state index contributed by atoms with van der Waals surface area (Å²) in [5, 5.41) is 0.398. The van der Waals surface area contributed by atoms with Gasteiger partial charge in [-0.05, 0) is 18.1 Å². The van der Waals surface area contributed by atoms with Gasteiger partial charge in [-0.25, -0.2) is 0 Å². The first kappa shape index (κ1) is 12.2. The van der Waals surface area contributed by atoms with Crippen molar-refractivity contribution in [2.45, 2.75) is 18.6 Å². The molecule has 0 bridgehead atoms. The van der Waals surface area contributed by atoms with Crippen LogP contribution in [-0.4, -0.2) is 27.1 Å². The number of amidine groups is 1. The molecular formula is C14H12N2O2S. The Kier molecular flexibility index (Phi) is 2.98. The number of aliphatic imine (C=N–C) groups is 1. The van der Waals surface area contributed by atoms with Crippen LogP contribution in [0.4, 0.5) is 0 Å². The van der Waals surface area contributed by atoms with Gasteiger partial charge in [0, 0.05) is 0 Å². The lowest BCUT2D eigenvalue weighted by molar-refractivity contribution is -0.126. The number of thioether (sulfide) groups is 1. The van der Waals surface area contributed by atoms with E-state index in [1.165, 1.54) is 16.7 Å². The van der Waals surface area contributed by atoms with Crippen LogP contribution in [-0.2, 0) is 9.59 Å². The van der Waals surface area contributed by atoms with Crippen molar-refractivity contribution in [2.75, 3.05) is 0 Å². The van der Waals surface area contributed by atoms with Gasteiger partial charge in [-0.15, -0.1) is 0 Å². The van der Waals surface area contributed by atoms with E-state index in [-0.39, 0.29) is 17.1 Å². The molecule has 0 spiro atoms. The molecule has 0 N–H and O–H groups in total. The van der Waals surface area contributed by atoms with Crippen molar-refractivity contribution >= 4 is 34.8 Å². The van der Waals surface area contributed by atoms with Crippen molar-refractivity contribution in [2.24, 2.45) is 4.99 Å². The second-order valence-corrected chi connectivity index (χ2v) is 5.50. The molecule has 0 radical (unpaired) electrons. The van der Waals surface area contributed by atoms with Crippen molar-refractivity contribution in [3.8, 4) is 0 Å². The van der Waals surface area contributed by atoms with Crippen LogP contribution in [0, 0.1) is 0 Å². The highest BCUT2D eigenvalue weighted by Crippen LogP contribution is 2.36. The lowest BCUT2D eigenvalue weighted by atomic mass is 10.2. The molecule has 96 valence electrons. The molecule has 1 aromatic rings. The predicted octanol–water partition coefficient (Wildman–Crippen LogP) is 2.28. The highest BCUT2D eigenvalue weighted by Gasteiger charge is 2.44. The molecule has 2 aliphatic heterocycles. The summed E-state index contributed by atoms with van der Waals surface area (Å²) in [5.41, 5.74) is 1.25. The fraction of sp³-hybridized carbons (Fsp3) is 0.214. The molecule has 4 nitrogen and oxygen atoms in total. The SMILES string of the molecule is CCC1SC2=NC(=O)C(=Cc3ccccc3)N2C1=O. The quantitative estimate of drug-likeness (QED) is 0.776. The number of hydrogen-bond donors (Lipinski definition) is 0. The van der Waals surface area contributed by atoms with E-state index >= 15 is 0 Å². The zero-order valence-electron chi connectivity index (χ0n) is 10.4. The highest BCUT2D eigenvalue weighted by atomic mass is 32.2. The molecule has 0 saturated carbocycles. The summed E-state index contributed by atoms with van der Waals surface area (Å²) in [5.74, 6) is -0.381. The number of carbonyl (C=O) groups excluding carboxylic acids is 2. The van der Waals surface area contributed by atoms with Crippen LogP contribution >= 0.6 is 11.8 Å². The summed E-state index contributed by atoms with van der Waals surface area (Å²) in [6.45, 7) is 1.96. The third kappa shape index (κ3) is 2.00. The Morgan fingerprint density at radius 3 is 2.74 bits per heavy atom. The smallest absolute Gasteiger partial charge is 0.273 e. The van der Waals surface area contributed by atoms with Crippen molar-refractivity contribution in [3.63, 3.8) is 0 Å². The zero-order valence-corrected chi connectivity index (χ0v) is 11.2. The van der Waals surface area contributed by atoms with Crippen LogP contribution in [0.3, 0.4) is 0 Å². The van der Waals surface area contributed by atoms with Gasteiger partial charge in [0.2, 0.25) is 5.91 Å². The predicted molar refractivity (Wildman–Crippen MR) is 75.4 cm³/mol. The monoisotopic (exact) mass is 272 g/mol. The summed E-state index contributed by atoms with van der Waals surface area (Å²) in [6.07, 6.45) is 2.46. The number of benzene rings is 1. The van der Waals surface area contributed by atoms with Gasteiger partial charge in [0.1, 0.15) is 5.70 Å². The van der Waals surface area contributed by atoms with E-state index in [9.17, 15) is 9.59 Å². The summed E-state index contributed by atoms with van der Waals surface area (Å²) in [7, 11) is 0. The van der Waals surface area contributed by atoms with Gasteiger partial charge in [-0.2, -0.15) is 4.99 Å². The molecule has 1 fully saturated rings. The largest absolute Gasteiger partial charge is 0.296 e. The van der Waals surface area contributed by atoms with Gasteiger partial charge in [0.15, 0.2) is 5.17 Å².